The van der Waals surface area contributed by atoms with Gasteiger partial charge in [0, 0.05) is 12.7 Å². The van der Waals surface area contributed by atoms with E-state index in [0.717, 1.165) is 25.3 Å². The van der Waals surface area contributed by atoms with Gasteiger partial charge < -0.3 is 5.32 Å². The second-order valence-corrected chi connectivity index (χ2v) is 4.71. The highest BCUT2D eigenvalue weighted by Gasteiger charge is 2.33. The van der Waals surface area contributed by atoms with Crippen LogP contribution in [0.5, 0.6) is 0 Å². The molecule has 1 rings (SSSR count). The molecule has 1 aromatic rings. The van der Waals surface area contributed by atoms with Gasteiger partial charge in [0.2, 0.25) is 0 Å². The van der Waals surface area contributed by atoms with Crippen LogP contribution in [0.15, 0.2) is 18.3 Å². The first kappa shape index (κ1) is 14.8. The minimum absolute atomic E-state index is 0.0745. The Labute approximate surface area is 106 Å². The molecule has 1 N–H and O–H groups in total. The lowest BCUT2D eigenvalue weighted by Crippen LogP contribution is -2.13. The quantitative estimate of drug-likeness (QED) is 0.770. The largest absolute Gasteiger partial charge is 0.419 e. The topological polar surface area (TPSA) is 24.9 Å². The lowest BCUT2D eigenvalue weighted by atomic mass is 10.1. The van der Waals surface area contributed by atoms with E-state index in [2.05, 4.69) is 24.1 Å². The van der Waals surface area contributed by atoms with Gasteiger partial charge >= 0.3 is 6.18 Å². The maximum Gasteiger partial charge on any atom is 0.419 e. The summed E-state index contributed by atoms with van der Waals surface area (Å²) in [5.41, 5.74) is -0.700. The molecule has 0 amide bonds. The lowest BCUT2D eigenvalue weighted by molar-refractivity contribution is -0.137. The molecule has 102 valence electrons. The molecule has 0 atom stereocenters. The van der Waals surface area contributed by atoms with Gasteiger partial charge in [0.05, 0.1) is 5.56 Å². The van der Waals surface area contributed by atoms with Gasteiger partial charge in [-0.3, -0.25) is 0 Å². The first-order chi connectivity index (χ1) is 8.41. The molecule has 0 aromatic carbocycles. The molecule has 0 aliphatic rings. The molecule has 0 saturated heterocycles. The van der Waals surface area contributed by atoms with Crippen molar-refractivity contribution in [2.45, 2.75) is 39.3 Å². The Hall–Kier alpha value is -1.26. The Bertz CT molecular complexity index is 361. The summed E-state index contributed by atoms with van der Waals surface area (Å²) >= 11 is 0. The van der Waals surface area contributed by atoms with E-state index in [9.17, 15) is 13.2 Å². The second-order valence-electron chi connectivity index (χ2n) is 4.71. The van der Waals surface area contributed by atoms with Crippen LogP contribution in [0.3, 0.4) is 0 Å². The van der Waals surface area contributed by atoms with E-state index in [-0.39, 0.29) is 5.82 Å². The molecule has 0 radical (unpaired) electrons. The third kappa shape index (κ3) is 4.94. The fourth-order valence-electron chi connectivity index (χ4n) is 1.66. The zero-order valence-electron chi connectivity index (χ0n) is 10.7. The number of nitrogens with zero attached hydrogens (tertiary/aromatic N) is 1. The number of hydrogen-bond donors (Lipinski definition) is 1. The van der Waals surface area contributed by atoms with Crippen molar-refractivity contribution in [1.82, 2.24) is 4.98 Å². The Morgan fingerprint density at radius 2 is 2.00 bits per heavy atom. The molecule has 0 spiro atoms. The van der Waals surface area contributed by atoms with E-state index in [1.807, 2.05) is 0 Å². The number of halogens is 3. The van der Waals surface area contributed by atoms with Crippen molar-refractivity contribution in [3.63, 3.8) is 0 Å². The minimum Gasteiger partial charge on any atom is -0.370 e. The summed E-state index contributed by atoms with van der Waals surface area (Å²) in [5.74, 6) is 0.556. The summed E-state index contributed by atoms with van der Waals surface area (Å²) in [6, 6.07) is 2.34. The summed E-state index contributed by atoms with van der Waals surface area (Å²) in [4.78, 5) is 3.75. The highest BCUT2D eigenvalue weighted by Crippen LogP contribution is 2.33. The third-order valence-corrected chi connectivity index (χ3v) is 2.61. The summed E-state index contributed by atoms with van der Waals surface area (Å²) in [7, 11) is 0. The highest BCUT2D eigenvalue weighted by atomic mass is 19.4. The molecule has 0 fully saturated rings. The van der Waals surface area contributed by atoms with Crippen molar-refractivity contribution < 1.29 is 13.2 Å². The molecule has 0 aliphatic heterocycles. The maximum absolute atomic E-state index is 12.6. The van der Waals surface area contributed by atoms with Crippen LogP contribution in [0.2, 0.25) is 0 Å². The second kappa shape index (κ2) is 6.61. The number of aromatic nitrogens is 1. The van der Waals surface area contributed by atoms with Gasteiger partial charge in [-0.25, -0.2) is 4.98 Å². The number of rotatable bonds is 6. The molecule has 2 nitrogen and oxygen atoms in total. The first-order valence-corrected chi connectivity index (χ1v) is 6.17. The molecule has 0 unspecified atom stereocenters. The molecule has 0 aliphatic carbocycles. The van der Waals surface area contributed by atoms with Crippen LogP contribution in [-0.2, 0) is 6.18 Å². The van der Waals surface area contributed by atoms with Gasteiger partial charge in [0.1, 0.15) is 5.82 Å². The molecule has 5 heteroatoms. The Balaban J connectivity index is 2.47. The number of pyridine rings is 1. The predicted octanol–water partition coefficient (Wildman–Crippen LogP) is 4.34. The van der Waals surface area contributed by atoms with E-state index in [1.54, 1.807) is 0 Å². The van der Waals surface area contributed by atoms with Gasteiger partial charge in [-0.1, -0.05) is 26.7 Å². The molecular formula is C13H19F3N2. The van der Waals surface area contributed by atoms with Crippen LogP contribution in [0.4, 0.5) is 19.0 Å². The van der Waals surface area contributed by atoms with E-state index in [1.165, 1.54) is 12.3 Å². The summed E-state index contributed by atoms with van der Waals surface area (Å²) in [6.07, 6.45) is -0.0266. The highest BCUT2D eigenvalue weighted by molar-refractivity contribution is 5.45. The van der Waals surface area contributed by atoms with E-state index in [0.29, 0.717) is 12.5 Å². The zero-order chi connectivity index (χ0) is 13.6. The van der Waals surface area contributed by atoms with Crippen molar-refractivity contribution in [2.75, 3.05) is 11.9 Å². The Morgan fingerprint density at radius 3 is 2.61 bits per heavy atom. The summed E-state index contributed by atoms with van der Waals surface area (Å²) < 4.78 is 37.9. The summed E-state index contributed by atoms with van der Waals surface area (Å²) in [6.45, 7) is 4.79. The summed E-state index contributed by atoms with van der Waals surface area (Å²) in [5, 5.41) is 2.76. The van der Waals surface area contributed by atoms with Crippen molar-refractivity contribution in [3.05, 3.63) is 23.9 Å². The van der Waals surface area contributed by atoms with Crippen LogP contribution in [0.1, 0.15) is 38.7 Å². The molecule has 0 bridgehead atoms. The van der Waals surface area contributed by atoms with E-state index >= 15 is 0 Å². The van der Waals surface area contributed by atoms with Gasteiger partial charge in [-0.15, -0.1) is 0 Å². The monoisotopic (exact) mass is 260 g/mol. The van der Waals surface area contributed by atoms with Crippen molar-refractivity contribution in [1.29, 1.82) is 0 Å². The molecule has 0 saturated carbocycles. The third-order valence-electron chi connectivity index (χ3n) is 2.61. The normalized spacial score (nSPS) is 11.9. The van der Waals surface area contributed by atoms with Crippen LogP contribution >= 0.6 is 0 Å². The average Bonchev–Trinajstić information content (AvgIpc) is 2.27. The van der Waals surface area contributed by atoms with Crippen molar-refractivity contribution in [3.8, 4) is 0 Å². The molecule has 18 heavy (non-hydrogen) atoms. The first-order valence-electron chi connectivity index (χ1n) is 6.17. The SMILES string of the molecule is CC(C)CCCCNc1ncccc1C(F)(F)F. The lowest BCUT2D eigenvalue weighted by Gasteiger charge is -2.13. The fraction of sp³-hybridized carbons (Fsp3) is 0.615. The number of alkyl halides is 3. The number of nitrogens with one attached hydrogen (secondary N) is 1. The van der Waals surface area contributed by atoms with Gasteiger partial charge in [0.25, 0.3) is 0 Å². The van der Waals surface area contributed by atoms with Gasteiger partial charge in [-0.05, 0) is 24.5 Å². The number of unbranched alkanes of at least 4 members (excludes halogenated alkanes) is 1. The van der Waals surface area contributed by atoms with Gasteiger partial charge in [0.15, 0.2) is 0 Å². The number of anilines is 1. The zero-order valence-corrected chi connectivity index (χ0v) is 10.7. The Morgan fingerprint density at radius 1 is 1.28 bits per heavy atom. The molecular weight excluding hydrogens is 241 g/mol. The van der Waals surface area contributed by atoms with Crippen molar-refractivity contribution >= 4 is 5.82 Å². The minimum atomic E-state index is -4.35. The standard InChI is InChI=1S/C13H19F3N2/c1-10(2)6-3-4-8-17-12-11(13(14,15)16)7-5-9-18-12/h5,7,9-10H,3-4,6,8H2,1-2H3,(H,17,18). The maximum atomic E-state index is 12.6. The Kier molecular flexibility index (Phi) is 5.44. The van der Waals surface area contributed by atoms with Crippen LogP contribution in [0, 0.1) is 5.92 Å². The molecule has 1 heterocycles. The average molecular weight is 260 g/mol. The van der Waals surface area contributed by atoms with E-state index < -0.39 is 11.7 Å². The fourth-order valence-corrected chi connectivity index (χ4v) is 1.66. The smallest absolute Gasteiger partial charge is 0.370 e. The van der Waals surface area contributed by atoms with Crippen LogP contribution in [0.25, 0.3) is 0 Å². The van der Waals surface area contributed by atoms with Gasteiger partial charge in [-0.2, -0.15) is 13.2 Å². The van der Waals surface area contributed by atoms with Crippen LogP contribution in [-0.4, -0.2) is 11.5 Å². The van der Waals surface area contributed by atoms with E-state index in [4.69, 9.17) is 0 Å². The molecule has 1 aromatic heterocycles. The van der Waals surface area contributed by atoms with Crippen LogP contribution < -0.4 is 5.32 Å². The predicted molar refractivity (Wildman–Crippen MR) is 66.4 cm³/mol. The number of hydrogen-bond acceptors (Lipinski definition) is 2. The van der Waals surface area contributed by atoms with Crippen molar-refractivity contribution in [2.24, 2.45) is 5.92 Å².